The highest BCUT2D eigenvalue weighted by Gasteiger charge is 2.42. The number of amides is 1. The van der Waals surface area contributed by atoms with Crippen LogP contribution in [0.4, 0.5) is 11.4 Å². The summed E-state index contributed by atoms with van der Waals surface area (Å²) in [5.74, 6) is 0.413. The fourth-order valence-electron chi connectivity index (χ4n) is 5.70. The third-order valence-electron chi connectivity index (χ3n) is 7.74. The van der Waals surface area contributed by atoms with Crippen LogP contribution in [0.15, 0.2) is 140 Å². The van der Waals surface area contributed by atoms with Gasteiger partial charge in [-0.2, -0.15) is 0 Å². The van der Waals surface area contributed by atoms with E-state index in [2.05, 4.69) is 80.9 Å². The zero-order chi connectivity index (χ0) is 29.9. The summed E-state index contributed by atoms with van der Waals surface area (Å²) >= 11 is 5.95. The van der Waals surface area contributed by atoms with Crippen LogP contribution < -0.4 is 20.3 Å². The highest BCUT2D eigenvalue weighted by atomic mass is 32.1. The molecule has 6 aromatic rings. The third kappa shape index (κ3) is 5.50. The van der Waals surface area contributed by atoms with Crippen molar-refractivity contribution < 1.29 is 9.53 Å². The van der Waals surface area contributed by atoms with Gasteiger partial charge in [0.05, 0.1) is 11.7 Å². The number of anilines is 2. The number of carbonyl (C=O) groups excluding carboxylic acids is 1. The number of aromatic nitrogens is 2. The molecule has 0 bridgehead atoms. The topological polar surface area (TPSA) is 71.4 Å². The maximum Gasteiger partial charge on any atom is 0.262 e. The SMILES string of the molecule is O=C(COc1ccccc1)Nc1ccc(N2C(=S)N[C@H](c3ccccn3)[C@H]2c2cccn2-c2ccc3ccccc3c2)cc1. The van der Waals surface area contributed by atoms with Crippen molar-refractivity contribution in [2.75, 3.05) is 16.8 Å². The minimum absolute atomic E-state index is 0.0779. The second-order valence-electron chi connectivity index (χ2n) is 10.5. The van der Waals surface area contributed by atoms with E-state index in [1.807, 2.05) is 72.8 Å². The minimum atomic E-state index is -0.235. The van der Waals surface area contributed by atoms with Crippen molar-refractivity contribution in [2.45, 2.75) is 12.1 Å². The molecular weight excluding hydrogens is 566 g/mol. The van der Waals surface area contributed by atoms with E-state index in [-0.39, 0.29) is 24.6 Å². The van der Waals surface area contributed by atoms with E-state index in [1.54, 1.807) is 6.20 Å². The van der Waals surface area contributed by atoms with Crippen LogP contribution in [0.3, 0.4) is 0 Å². The molecule has 0 unspecified atom stereocenters. The van der Waals surface area contributed by atoms with Gasteiger partial charge in [-0.3, -0.25) is 9.78 Å². The molecule has 1 aliphatic rings. The van der Waals surface area contributed by atoms with Gasteiger partial charge >= 0.3 is 0 Å². The van der Waals surface area contributed by atoms with E-state index in [0.717, 1.165) is 22.8 Å². The number of thiocarbonyl (C=S) groups is 1. The number of benzene rings is 4. The Morgan fingerprint density at radius 2 is 1.57 bits per heavy atom. The molecule has 2 aromatic heterocycles. The fourth-order valence-corrected chi connectivity index (χ4v) is 6.04. The molecule has 2 atom stereocenters. The summed E-state index contributed by atoms with van der Waals surface area (Å²) in [5.41, 5.74) is 4.60. The Balaban J connectivity index is 1.19. The molecule has 8 heteroatoms. The number of ether oxygens (including phenoxy) is 1. The lowest BCUT2D eigenvalue weighted by Gasteiger charge is -2.29. The van der Waals surface area contributed by atoms with Crippen molar-refractivity contribution in [3.8, 4) is 11.4 Å². The number of pyridine rings is 1. The maximum atomic E-state index is 12.6. The second-order valence-corrected chi connectivity index (χ2v) is 10.9. The first-order valence-electron chi connectivity index (χ1n) is 14.4. The Morgan fingerprint density at radius 1 is 0.818 bits per heavy atom. The number of hydrogen-bond donors (Lipinski definition) is 2. The van der Waals surface area contributed by atoms with Gasteiger partial charge in [0.15, 0.2) is 11.7 Å². The van der Waals surface area contributed by atoms with Crippen molar-refractivity contribution in [1.82, 2.24) is 14.9 Å². The van der Waals surface area contributed by atoms with Crippen LogP contribution in [0.5, 0.6) is 5.75 Å². The van der Waals surface area contributed by atoms with E-state index >= 15 is 0 Å². The van der Waals surface area contributed by atoms with Gasteiger partial charge in [0.1, 0.15) is 11.8 Å². The maximum absolute atomic E-state index is 12.6. The molecule has 44 heavy (non-hydrogen) atoms. The molecule has 7 rings (SSSR count). The molecule has 3 heterocycles. The number of rotatable bonds is 8. The molecule has 0 saturated carbocycles. The summed E-state index contributed by atoms with van der Waals surface area (Å²) in [7, 11) is 0. The number of nitrogens with one attached hydrogen (secondary N) is 2. The Hall–Kier alpha value is -5.47. The van der Waals surface area contributed by atoms with Gasteiger partial charge in [0.2, 0.25) is 0 Å². The summed E-state index contributed by atoms with van der Waals surface area (Å²) in [4.78, 5) is 19.4. The normalized spacial score (nSPS) is 16.1. The number of fused-ring (bicyclic) bond motifs is 1. The monoisotopic (exact) mass is 595 g/mol. The van der Waals surface area contributed by atoms with E-state index in [9.17, 15) is 4.79 Å². The average molecular weight is 596 g/mol. The molecule has 1 aliphatic heterocycles. The lowest BCUT2D eigenvalue weighted by molar-refractivity contribution is -0.118. The van der Waals surface area contributed by atoms with Crippen LogP contribution >= 0.6 is 12.2 Å². The lowest BCUT2D eigenvalue weighted by Crippen LogP contribution is -2.30. The van der Waals surface area contributed by atoms with Crippen molar-refractivity contribution in [3.63, 3.8) is 0 Å². The zero-order valence-corrected chi connectivity index (χ0v) is 24.5. The molecule has 2 N–H and O–H groups in total. The smallest absolute Gasteiger partial charge is 0.262 e. The highest BCUT2D eigenvalue weighted by Crippen LogP contribution is 2.42. The predicted octanol–water partition coefficient (Wildman–Crippen LogP) is 7.22. The summed E-state index contributed by atoms with van der Waals surface area (Å²) < 4.78 is 7.80. The van der Waals surface area contributed by atoms with Gasteiger partial charge in [-0.15, -0.1) is 0 Å². The predicted molar refractivity (Wildman–Crippen MR) is 178 cm³/mol. The molecule has 216 valence electrons. The number of carbonyl (C=O) groups is 1. The lowest BCUT2D eigenvalue weighted by atomic mass is 10.0. The molecule has 0 aliphatic carbocycles. The van der Waals surface area contributed by atoms with Crippen LogP contribution in [0.1, 0.15) is 23.5 Å². The highest BCUT2D eigenvalue weighted by molar-refractivity contribution is 7.80. The van der Waals surface area contributed by atoms with Gasteiger partial charge in [-0.25, -0.2) is 0 Å². The Labute approximate surface area is 260 Å². The average Bonchev–Trinajstić information content (AvgIpc) is 3.69. The second kappa shape index (κ2) is 12.0. The summed E-state index contributed by atoms with van der Waals surface area (Å²) in [6, 6.07) is 41.6. The van der Waals surface area contributed by atoms with Crippen molar-refractivity contribution >= 4 is 45.4 Å². The molecule has 1 saturated heterocycles. The quantitative estimate of drug-likeness (QED) is 0.181. The number of para-hydroxylation sites is 1. The molecule has 1 amide bonds. The Kier molecular flexibility index (Phi) is 7.48. The van der Waals surface area contributed by atoms with Gasteiger partial charge < -0.3 is 24.8 Å². The van der Waals surface area contributed by atoms with Crippen LogP contribution in [-0.2, 0) is 4.79 Å². The number of hydrogen-bond acceptors (Lipinski definition) is 4. The molecular formula is C36H29N5O2S. The van der Waals surface area contributed by atoms with Crippen LogP contribution in [-0.4, -0.2) is 27.2 Å². The van der Waals surface area contributed by atoms with Crippen molar-refractivity contribution in [1.29, 1.82) is 0 Å². The first kappa shape index (κ1) is 27.4. The first-order valence-corrected chi connectivity index (χ1v) is 14.8. The Morgan fingerprint density at radius 3 is 2.36 bits per heavy atom. The largest absolute Gasteiger partial charge is 0.484 e. The van der Waals surface area contributed by atoms with Crippen molar-refractivity contribution in [3.05, 3.63) is 151 Å². The van der Waals surface area contributed by atoms with Crippen LogP contribution in [0.2, 0.25) is 0 Å². The van der Waals surface area contributed by atoms with Crippen molar-refractivity contribution in [2.24, 2.45) is 0 Å². The third-order valence-corrected chi connectivity index (χ3v) is 8.05. The molecule has 0 spiro atoms. The summed E-state index contributed by atoms with van der Waals surface area (Å²) in [6.07, 6.45) is 3.89. The minimum Gasteiger partial charge on any atom is -0.484 e. The molecule has 1 fully saturated rings. The van der Waals surface area contributed by atoms with E-state index in [4.69, 9.17) is 21.9 Å². The first-order chi connectivity index (χ1) is 21.6. The van der Waals surface area contributed by atoms with Gasteiger partial charge in [0, 0.05) is 35.1 Å². The summed E-state index contributed by atoms with van der Waals surface area (Å²) in [5, 5.41) is 9.43. The standard InChI is InChI=1S/C36H29N5O2S/c42-33(24-43-30-11-2-1-3-12-30)38-27-16-19-28(20-17-27)41-35(34(39-36(41)44)31-13-6-7-21-37-31)32-14-8-22-40(32)29-18-15-25-9-4-5-10-26(25)23-29/h1-23,34-35H,24H2,(H,38,42)(H,39,44)/t34-,35-/m1/s1. The van der Waals surface area contributed by atoms with E-state index in [0.29, 0.717) is 16.5 Å². The van der Waals surface area contributed by atoms with Crippen LogP contribution in [0, 0.1) is 0 Å². The fraction of sp³-hybridized carbons (Fsp3) is 0.0833. The molecule has 0 radical (unpaired) electrons. The molecule has 4 aromatic carbocycles. The Bertz CT molecular complexity index is 1930. The zero-order valence-electron chi connectivity index (χ0n) is 23.7. The van der Waals surface area contributed by atoms with E-state index in [1.165, 1.54) is 10.8 Å². The van der Waals surface area contributed by atoms with Crippen LogP contribution in [0.25, 0.3) is 16.5 Å². The molecule has 7 nitrogen and oxygen atoms in total. The van der Waals surface area contributed by atoms with Gasteiger partial charge in [0.25, 0.3) is 5.91 Å². The van der Waals surface area contributed by atoms with Gasteiger partial charge in [-0.1, -0.05) is 54.6 Å². The number of nitrogens with zero attached hydrogens (tertiary/aromatic N) is 3. The van der Waals surface area contributed by atoms with Gasteiger partial charge in [-0.05, 0) is 95.8 Å². The summed E-state index contributed by atoms with van der Waals surface area (Å²) in [6.45, 7) is -0.0779. The van der Waals surface area contributed by atoms with E-state index < -0.39 is 0 Å².